The van der Waals surface area contributed by atoms with Crippen LogP contribution in [0, 0.1) is 0 Å². The molecular formula is C23H45NO3. The highest BCUT2D eigenvalue weighted by molar-refractivity contribution is 5.59. The summed E-state index contributed by atoms with van der Waals surface area (Å²) < 4.78 is 5.12. The van der Waals surface area contributed by atoms with Crippen molar-refractivity contribution in [2.45, 2.75) is 122 Å². The maximum Gasteiger partial charge on any atom is 0.527 e. The molecule has 27 heavy (non-hydrogen) atoms. The number of hydrogen-bond acceptors (Lipinski definition) is 4. The lowest BCUT2D eigenvalue weighted by Crippen LogP contribution is -2.24. The van der Waals surface area contributed by atoms with Gasteiger partial charge in [-0.05, 0) is 19.3 Å². The molecule has 0 saturated carbocycles. The van der Waals surface area contributed by atoms with Crippen molar-refractivity contribution in [3.05, 3.63) is 0 Å². The third kappa shape index (κ3) is 15.9. The van der Waals surface area contributed by atoms with E-state index < -0.39 is 6.16 Å². The molecule has 0 bridgehead atoms. The van der Waals surface area contributed by atoms with Gasteiger partial charge in [0.15, 0.2) is 0 Å². The van der Waals surface area contributed by atoms with Crippen molar-refractivity contribution in [2.75, 3.05) is 19.7 Å². The minimum atomic E-state index is -0.530. The van der Waals surface area contributed by atoms with Gasteiger partial charge in [-0.15, -0.1) is 5.06 Å². The van der Waals surface area contributed by atoms with E-state index in [-0.39, 0.29) is 0 Å². The van der Waals surface area contributed by atoms with Gasteiger partial charge < -0.3 is 9.57 Å². The Bertz CT molecular complexity index is 330. The SMILES string of the molecule is CCCCCCCCCCCCCCCCCCOC(=O)ON1CCCC1. The molecule has 160 valence electrons. The molecule has 0 amide bonds. The van der Waals surface area contributed by atoms with E-state index in [0.717, 1.165) is 38.8 Å². The van der Waals surface area contributed by atoms with Gasteiger partial charge in [-0.25, -0.2) is 4.79 Å². The van der Waals surface area contributed by atoms with Crippen LogP contribution in [0.3, 0.4) is 0 Å². The minimum Gasteiger partial charge on any atom is -0.433 e. The van der Waals surface area contributed by atoms with Crippen LogP contribution in [0.5, 0.6) is 0 Å². The molecule has 1 aliphatic rings. The number of carbonyl (C=O) groups is 1. The number of hydroxylamine groups is 2. The molecule has 0 N–H and O–H groups in total. The van der Waals surface area contributed by atoms with Crippen LogP contribution in [-0.2, 0) is 9.57 Å². The second kappa shape index (κ2) is 18.6. The summed E-state index contributed by atoms with van der Waals surface area (Å²) in [5.41, 5.74) is 0. The van der Waals surface area contributed by atoms with E-state index in [1.165, 1.54) is 89.9 Å². The molecular weight excluding hydrogens is 338 g/mol. The summed E-state index contributed by atoms with van der Waals surface area (Å²) in [4.78, 5) is 16.6. The lowest BCUT2D eigenvalue weighted by atomic mass is 10.0. The number of rotatable bonds is 18. The molecule has 1 fully saturated rings. The van der Waals surface area contributed by atoms with Crippen molar-refractivity contribution >= 4 is 6.16 Å². The van der Waals surface area contributed by atoms with E-state index in [1.54, 1.807) is 5.06 Å². The molecule has 1 rings (SSSR count). The average molecular weight is 384 g/mol. The molecule has 1 heterocycles. The van der Waals surface area contributed by atoms with Crippen molar-refractivity contribution in [1.29, 1.82) is 0 Å². The first-order valence-corrected chi connectivity index (χ1v) is 11.9. The average Bonchev–Trinajstić information content (AvgIpc) is 3.17. The third-order valence-electron chi connectivity index (χ3n) is 5.49. The smallest absolute Gasteiger partial charge is 0.433 e. The molecule has 0 aliphatic carbocycles. The van der Waals surface area contributed by atoms with E-state index in [0.29, 0.717) is 6.61 Å². The maximum absolute atomic E-state index is 11.5. The molecule has 0 aromatic rings. The number of carbonyl (C=O) groups excluding carboxylic acids is 1. The van der Waals surface area contributed by atoms with Crippen molar-refractivity contribution in [3.63, 3.8) is 0 Å². The Balaban J connectivity index is 1.69. The summed E-state index contributed by atoms with van der Waals surface area (Å²) in [5, 5.41) is 1.70. The Morgan fingerprint density at radius 2 is 1.07 bits per heavy atom. The Morgan fingerprint density at radius 1 is 0.667 bits per heavy atom. The summed E-state index contributed by atoms with van der Waals surface area (Å²) in [6, 6.07) is 0. The first kappa shape index (κ1) is 24.3. The lowest BCUT2D eigenvalue weighted by molar-refractivity contribution is -0.112. The fourth-order valence-electron chi connectivity index (χ4n) is 3.72. The molecule has 1 aliphatic heterocycles. The largest absolute Gasteiger partial charge is 0.527 e. The summed E-state index contributed by atoms with van der Waals surface area (Å²) >= 11 is 0. The van der Waals surface area contributed by atoms with Crippen molar-refractivity contribution in [2.24, 2.45) is 0 Å². The first-order chi connectivity index (χ1) is 13.3. The Hall–Kier alpha value is -0.770. The molecule has 0 aromatic heterocycles. The topological polar surface area (TPSA) is 38.8 Å². The van der Waals surface area contributed by atoms with Gasteiger partial charge in [0.05, 0.1) is 6.61 Å². The second-order valence-electron chi connectivity index (χ2n) is 8.13. The van der Waals surface area contributed by atoms with Crippen LogP contribution < -0.4 is 0 Å². The molecule has 4 heteroatoms. The molecule has 0 spiro atoms. The predicted molar refractivity (Wildman–Crippen MR) is 113 cm³/mol. The van der Waals surface area contributed by atoms with Crippen LogP contribution in [0.15, 0.2) is 0 Å². The van der Waals surface area contributed by atoms with Crippen LogP contribution in [-0.4, -0.2) is 30.9 Å². The van der Waals surface area contributed by atoms with Crippen LogP contribution in [0.4, 0.5) is 4.79 Å². The summed E-state index contributed by atoms with van der Waals surface area (Å²) in [7, 11) is 0. The highest BCUT2D eigenvalue weighted by atomic mass is 16.8. The van der Waals surface area contributed by atoms with Crippen molar-refractivity contribution in [1.82, 2.24) is 5.06 Å². The fourth-order valence-corrected chi connectivity index (χ4v) is 3.72. The van der Waals surface area contributed by atoms with Crippen molar-refractivity contribution in [3.8, 4) is 0 Å². The van der Waals surface area contributed by atoms with E-state index in [4.69, 9.17) is 9.57 Å². The molecule has 0 unspecified atom stereocenters. The Morgan fingerprint density at radius 3 is 1.52 bits per heavy atom. The van der Waals surface area contributed by atoms with Crippen LogP contribution in [0.25, 0.3) is 0 Å². The van der Waals surface area contributed by atoms with Gasteiger partial charge >= 0.3 is 6.16 Å². The number of nitrogens with zero attached hydrogens (tertiary/aromatic N) is 1. The Kier molecular flexibility index (Phi) is 16.7. The normalized spacial score (nSPS) is 14.6. The number of unbranched alkanes of at least 4 members (excludes halogenated alkanes) is 15. The standard InChI is InChI=1S/C23H45NO3/c1-2-3-4-5-6-7-8-9-10-11-12-13-14-15-16-19-22-26-23(25)27-24-20-17-18-21-24/h2-22H2,1H3. The predicted octanol–water partition coefficient (Wildman–Crippen LogP) is 7.41. The highest BCUT2D eigenvalue weighted by Gasteiger charge is 2.16. The van der Waals surface area contributed by atoms with Gasteiger partial charge in [-0.3, -0.25) is 0 Å². The first-order valence-electron chi connectivity index (χ1n) is 11.9. The van der Waals surface area contributed by atoms with E-state index in [9.17, 15) is 4.79 Å². The van der Waals surface area contributed by atoms with Crippen molar-refractivity contribution < 1.29 is 14.4 Å². The Labute approximate surface area is 168 Å². The van der Waals surface area contributed by atoms with Gasteiger partial charge in [0.25, 0.3) is 0 Å². The van der Waals surface area contributed by atoms with E-state index in [1.807, 2.05) is 0 Å². The summed E-state index contributed by atoms with van der Waals surface area (Å²) in [6.07, 6.45) is 23.3. The van der Waals surface area contributed by atoms with E-state index in [2.05, 4.69) is 6.92 Å². The molecule has 0 aromatic carbocycles. The zero-order chi connectivity index (χ0) is 19.4. The summed E-state index contributed by atoms with van der Waals surface area (Å²) in [5.74, 6) is 0. The second-order valence-corrected chi connectivity index (χ2v) is 8.13. The number of ether oxygens (including phenoxy) is 1. The monoisotopic (exact) mass is 383 g/mol. The van der Waals surface area contributed by atoms with Gasteiger partial charge in [0, 0.05) is 13.1 Å². The zero-order valence-electron chi connectivity index (χ0n) is 18.0. The molecule has 0 radical (unpaired) electrons. The lowest BCUT2D eigenvalue weighted by Gasteiger charge is -2.13. The highest BCUT2D eigenvalue weighted by Crippen LogP contribution is 2.14. The van der Waals surface area contributed by atoms with Crippen LogP contribution in [0.2, 0.25) is 0 Å². The van der Waals surface area contributed by atoms with Crippen LogP contribution >= 0.6 is 0 Å². The molecule has 0 atom stereocenters. The van der Waals surface area contributed by atoms with Crippen LogP contribution in [0.1, 0.15) is 122 Å². The van der Waals surface area contributed by atoms with Gasteiger partial charge in [-0.2, -0.15) is 0 Å². The molecule has 1 saturated heterocycles. The fraction of sp³-hybridized carbons (Fsp3) is 0.957. The minimum absolute atomic E-state index is 0.491. The molecule has 4 nitrogen and oxygen atoms in total. The van der Waals surface area contributed by atoms with Gasteiger partial charge in [0.1, 0.15) is 0 Å². The van der Waals surface area contributed by atoms with E-state index >= 15 is 0 Å². The maximum atomic E-state index is 11.5. The third-order valence-corrected chi connectivity index (χ3v) is 5.49. The van der Waals surface area contributed by atoms with Gasteiger partial charge in [0.2, 0.25) is 0 Å². The quantitative estimate of drug-likeness (QED) is 0.182. The zero-order valence-corrected chi connectivity index (χ0v) is 18.0. The number of hydrogen-bond donors (Lipinski definition) is 0. The summed E-state index contributed by atoms with van der Waals surface area (Å²) in [6.45, 7) is 4.46. The van der Waals surface area contributed by atoms with Gasteiger partial charge in [-0.1, -0.05) is 103 Å².